The number of rotatable bonds is 8. The number of hydrogen-bond acceptors (Lipinski definition) is 4. The molecule has 1 fully saturated rings. The predicted octanol–water partition coefficient (Wildman–Crippen LogP) is 3.79. The SMILES string of the molecule is CNS(=O)(=O)CCCCc1nc(=O)n(-c2ccccc2Cl)c2cc(C3CC3)ccc12. The Morgan fingerprint density at radius 1 is 1.17 bits per heavy atom. The molecule has 30 heavy (non-hydrogen) atoms. The zero-order valence-electron chi connectivity index (χ0n) is 16.8. The summed E-state index contributed by atoms with van der Waals surface area (Å²) in [6.45, 7) is 0. The van der Waals surface area contributed by atoms with E-state index in [0.29, 0.717) is 41.6 Å². The highest BCUT2D eigenvalue weighted by Crippen LogP contribution is 2.41. The van der Waals surface area contributed by atoms with Crippen LogP contribution >= 0.6 is 11.6 Å². The van der Waals surface area contributed by atoms with E-state index in [1.165, 1.54) is 25.5 Å². The zero-order chi connectivity index (χ0) is 21.3. The molecule has 2 aromatic carbocycles. The molecule has 0 unspecified atom stereocenters. The van der Waals surface area contributed by atoms with E-state index in [2.05, 4.69) is 21.8 Å². The van der Waals surface area contributed by atoms with Gasteiger partial charge in [0.1, 0.15) is 0 Å². The van der Waals surface area contributed by atoms with E-state index in [1.807, 2.05) is 24.3 Å². The Labute approximate surface area is 181 Å². The van der Waals surface area contributed by atoms with Gasteiger partial charge in [-0.05, 0) is 68.8 Å². The van der Waals surface area contributed by atoms with Crippen molar-refractivity contribution in [1.82, 2.24) is 14.3 Å². The van der Waals surface area contributed by atoms with E-state index in [-0.39, 0.29) is 11.4 Å². The Kier molecular flexibility index (Phi) is 5.95. The smallest absolute Gasteiger partial charge is 0.259 e. The molecule has 0 spiro atoms. The molecule has 0 amide bonds. The third kappa shape index (κ3) is 4.43. The second-order valence-electron chi connectivity index (χ2n) is 7.66. The number of fused-ring (bicyclic) bond motifs is 1. The van der Waals surface area contributed by atoms with Crippen LogP contribution in [0.4, 0.5) is 0 Å². The lowest BCUT2D eigenvalue weighted by Crippen LogP contribution is -2.24. The van der Waals surface area contributed by atoms with Gasteiger partial charge in [-0.25, -0.2) is 17.9 Å². The van der Waals surface area contributed by atoms with E-state index in [4.69, 9.17) is 11.6 Å². The largest absolute Gasteiger partial charge is 0.352 e. The first-order valence-electron chi connectivity index (χ1n) is 10.1. The summed E-state index contributed by atoms with van der Waals surface area (Å²) in [6.07, 6.45) is 4.00. The van der Waals surface area contributed by atoms with E-state index in [1.54, 1.807) is 10.6 Å². The molecule has 3 aromatic rings. The van der Waals surface area contributed by atoms with Crippen LogP contribution in [0, 0.1) is 0 Å². The predicted molar refractivity (Wildman–Crippen MR) is 120 cm³/mol. The number of halogens is 1. The van der Waals surface area contributed by atoms with Gasteiger partial charge in [0.05, 0.1) is 27.7 Å². The maximum Gasteiger partial charge on any atom is 0.352 e. The van der Waals surface area contributed by atoms with Gasteiger partial charge in [0.2, 0.25) is 10.0 Å². The van der Waals surface area contributed by atoms with E-state index in [0.717, 1.165) is 10.9 Å². The maximum atomic E-state index is 13.0. The van der Waals surface area contributed by atoms with Crippen LogP contribution in [0.15, 0.2) is 47.3 Å². The Morgan fingerprint density at radius 3 is 2.63 bits per heavy atom. The number of nitrogens with zero attached hydrogens (tertiary/aromatic N) is 2. The minimum Gasteiger partial charge on any atom is -0.259 e. The summed E-state index contributed by atoms with van der Waals surface area (Å²) in [7, 11) is -1.82. The van der Waals surface area contributed by atoms with Crippen molar-refractivity contribution in [3.05, 3.63) is 69.2 Å². The molecular weight excluding hydrogens is 422 g/mol. The second-order valence-corrected chi connectivity index (χ2v) is 10.1. The number of aromatic nitrogens is 2. The Hall–Kier alpha value is -2.22. The fourth-order valence-electron chi connectivity index (χ4n) is 3.72. The summed E-state index contributed by atoms with van der Waals surface area (Å²) in [4.78, 5) is 17.4. The number of hydrogen-bond donors (Lipinski definition) is 1. The summed E-state index contributed by atoms with van der Waals surface area (Å²) in [5.41, 5.74) is 2.95. The molecule has 1 saturated carbocycles. The highest BCUT2D eigenvalue weighted by atomic mass is 35.5. The van der Waals surface area contributed by atoms with E-state index < -0.39 is 10.0 Å². The fraction of sp³-hybridized carbons (Fsp3) is 0.364. The number of benzene rings is 2. The molecule has 158 valence electrons. The second kappa shape index (κ2) is 8.49. The monoisotopic (exact) mass is 445 g/mol. The highest BCUT2D eigenvalue weighted by Gasteiger charge is 2.24. The molecule has 0 radical (unpaired) electrons. The van der Waals surface area contributed by atoms with Crippen LogP contribution in [-0.2, 0) is 16.4 Å². The molecule has 0 bridgehead atoms. The van der Waals surface area contributed by atoms with Gasteiger partial charge in [-0.3, -0.25) is 4.57 Å². The lowest BCUT2D eigenvalue weighted by atomic mass is 10.0. The normalized spacial score (nSPS) is 14.3. The first-order chi connectivity index (χ1) is 14.4. The van der Waals surface area contributed by atoms with Gasteiger partial charge < -0.3 is 0 Å². The van der Waals surface area contributed by atoms with Crippen LogP contribution in [-0.4, -0.2) is 30.8 Å². The van der Waals surface area contributed by atoms with Gasteiger partial charge in [0.25, 0.3) is 0 Å². The van der Waals surface area contributed by atoms with Crippen LogP contribution in [0.25, 0.3) is 16.6 Å². The summed E-state index contributed by atoms with van der Waals surface area (Å²) >= 11 is 6.39. The average Bonchev–Trinajstić information content (AvgIpc) is 3.57. The van der Waals surface area contributed by atoms with Crippen molar-refractivity contribution in [2.24, 2.45) is 0 Å². The third-order valence-corrected chi connectivity index (χ3v) is 7.29. The lowest BCUT2D eigenvalue weighted by molar-refractivity contribution is 0.583. The molecule has 1 aliphatic carbocycles. The van der Waals surface area contributed by atoms with Crippen molar-refractivity contribution in [3.8, 4) is 5.69 Å². The van der Waals surface area contributed by atoms with Crippen molar-refractivity contribution in [3.63, 3.8) is 0 Å². The summed E-state index contributed by atoms with van der Waals surface area (Å²) in [6, 6.07) is 13.5. The fourth-order valence-corrected chi connectivity index (χ4v) is 4.73. The molecule has 4 rings (SSSR count). The number of para-hydroxylation sites is 1. The minimum atomic E-state index is -3.23. The Balaban J connectivity index is 1.75. The number of sulfonamides is 1. The van der Waals surface area contributed by atoms with Crippen LogP contribution in [0.1, 0.15) is 42.9 Å². The molecule has 0 aliphatic heterocycles. The Bertz CT molecular complexity index is 1250. The first kappa shape index (κ1) is 21.0. The van der Waals surface area contributed by atoms with Crippen molar-refractivity contribution < 1.29 is 8.42 Å². The Morgan fingerprint density at radius 2 is 1.93 bits per heavy atom. The van der Waals surface area contributed by atoms with Crippen LogP contribution in [0.3, 0.4) is 0 Å². The summed E-state index contributed by atoms with van der Waals surface area (Å²) in [5, 5.41) is 1.39. The highest BCUT2D eigenvalue weighted by molar-refractivity contribution is 7.89. The standard InChI is InChI=1S/C22H24ClN3O3S/c1-24-30(28,29)13-5-4-7-19-17-12-11-16(15-9-10-15)14-21(17)26(22(27)25-19)20-8-3-2-6-18(20)23/h2-3,6,8,11-12,14-15,24H,4-5,7,9-10,13H2,1H3. The molecule has 8 heteroatoms. The molecule has 1 aromatic heterocycles. The quantitative estimate of drug-likeness (QED) is 0.535. The van der Waals surface area contributed by atoms with Gasteiger partial charge in [-0.1, -0.05) is 35.9 Å². The van der Waals surface area contributed by atoms with E-state index >= 15 is 0 Å². The van der Waals surface area contributed by atoms with Gasteiger partial charge >= 0.3 is 5.69 Å². The lowest BCUT2D eigenvalue weighted by Gasteiger charge is -2.15. The third-order valence-electron chi connectivity index (χ3n) is 5.53. The van der Waals surface area contributed by atoms with Gasteiger partial charge in [-0.15, -0.1) is 0 Å². The van der Waals surface area contributed by atoms with Crippen molar-refractivity contribution in [2.75, 3.05) is 12.8 Å². The topological polar surface area (TPSA) is 81.1 Å². The van der Waals surface area contributed by atoms with Gasteiger partial charge in [-0.2, -0.15) is 4.98 Å². The first-order valence-corrected chi connectivity index (χ1v) is 12.1. The van der Waals surface area contributed by atoms with Gasteiger partial charge in [0.15, 0.2) is 0 Å². The van der Waals surface area contributed by atoms with Crippen LogP contribution in [0.2, 0.25) is 5.02 Å². The summed E-state index contributed by atoms with van der Waals surface area (Å²) < 4.78 is 27.2. The summed E-state index contributed by atoms with van der Waals surface area (Å²) in [5.74, 6) is 0.608. The molecule has 1 heterocycles. The average molecular weight is 446 g/mol. The molecule has 6 nitrogen and oxygen atoms in total. The molecule has 0 saturated heterocycles. The van der Waals surface area contributed by atoms with Crippen LogP contribution < -0.4 is 10.4 Å². The molecule has 0 atom stereocenters. The van der Waals surface area contributed by atoms with Gasteiger partial charge in [0, 0.05) is 5.39 Å². The van der Waals surface area contributed by atoms with Crippen LogP contribution in [0.5, 0.6) is 0 Å². The zero-order valence-corrected chi connectivity index (χ0v) is 18.3. The van der Waals surface area contributed by atoms with Crippen molar-refractivity contribution >= 4 is 32.5 Å². The number of nitrogens with one attached hydrogen (secondary N) is 1. The molecular formula is C22H24ClN3O3S. The van der Waals surface area contributed by atoms with Crippen molar-refractivity contribution in [2.45, 2.75) is 38.0 Å². The molecule has 1 N–H and O–H groups in total. The minimum absolute atomic E-state index is 0.0595. The number of unbranched alkanes of at least 4 members (excludes halogenated alkanes) is 1. The van der Waals surface area contributed by atoms with Crippen molar-refractivity contribution in [1.29, 1.82) is 0 Å². The molecule has 1 aliphatic rings. The van der Waals surface area contributed by atoms with E-state index in [9.17, 15) is 13.2 Å². The number of aryl methyl sites for hydroxylation is 1. The maximum absolute atomic E-state index is 13.0.